The molecule has 0 amide bonds. The van der Waals surface area contributed by atoms with E-state index in [1.54, 1.807) is 18.2 Å². The molecule has 1 aromatic heterocycles. The van der Waals surface area contributed by atoms with Gasteiger partial charge in [0.25, 0.3) is 5.56 Å². The lowest BCUT2D eigenvalue weighted by Crippen LogP contribution is -2.60. The predicted molar refractivity (Wildman–Crippen MR) is 111 cm³/mol. The second kappa shape index (κ2) is 9.78. The van der Waals surface area contributed by atoms with Crippen molar-refractivity contribution in [3.8, 4) is 11.8 Å². The van der Waals surface area contributed by atoms with Crippen LogP contribution in [-0.4, -0.2) is 67.1 Å². The molecular formula is C21H24N4O7. The summed E-state index contributed by atoms with van der Waals surface area (Å²) in [6.45, 7) is -0.322. The molecule has 1 aromatic carbocycles. The molecule has 11 nitrogen and oxygen atoms in total. The molecule has 0 aliphatic carbocycles. The van der Waals surface area contributed by atoms with Crippen LogP contribution < -0.4 is 15.6 Å². The monoisotopic (exact) mass is 444 g/mol. The number of aliphatic hydroxyl groups is 1. The molecule has 2 aromatic rings. The Hall–Kier alpha value is -3.46. The summed E-state index contributed by atoms with van der Waals surface area (Å²) in [4.78, 5) is 23.7. The van der Waals surface area contributed by atoms with E-state index < -0.39 is 29.3 Å². The van der Waals surface area contributed by atoms with E-state index in [2.05, 4.69) is 21.2 Å². The van der Waals surface area contributed by atoms with Crippen molar-refractivity contribution < 1.29 is 28.8 Å². The maximum Gasteiger partial charge on any atom is 0.327 e. The highest BCUT2D eigenvalue weighted by atomic mass is 16.6. The molecule has 2 heterocycles. The summed E-state index contributed by atoms with van der Waals surface area (Å²) in [6, 6.07) is 8.79. The van der Waals surface area contributed by atoms with Crippen LogP contribution in [0.3, 0.4) is 0 Å². The SMILES string of the molecule is COCC1(COC)Oc2ccc(C#N)cc2[C@@H](Nc2ccc(=O)n(CC(=O)OC)n2)[C@@H]1O. The highest BCUT2D eigenvalue weighted by Crippen LogP contribution is 2.42. The number of hydrogen-bond donors (Lipinski definition) is 2. The van der Waals surface area contributed by atoms with Crippen molar-refractivity contribution in [3.63, 3.8) is 0 Å². The van der Waals surface area contributed by atoms with Crippen molar-refractivity contribution in [1.29, 1.82) is 5.26 Å². The van der Waals surface area contributed by atoms with Gasteiger partial charge in [0.1, 0.15) is 24.2 Å². The van der Waals surface area contributed by atoms with Crippen LogP contribution in [0.5, 0.6) is 5.75 Å². The van der Waals surface area contributed by atoms with Crippen LogP contribution in [-0.2, 0) is 25.5 Å². The first-order chi connectivity index (χ1) is 15.4. The Kier molecular flexibility index (Phi) is 7.09. The molecule has 11 heteroatoms. The Balaban J connectivity index is 2.05. The zero-order valence-corrected chi connectivity index (χ0v) is 17.9. The first-order valence-corrected chi connectivity index (χ1v) is 9.68. The van der Waals surface area contributed by atoms with Gasteiger partial charge in [0.05, 0.1) is 38.0 Å². The van der Waals surface area contributed by atoms with E-state index in [0.717, 1.165) is 4.68 Å². The molecule has 0 unspecified atom stereocenters. The molecule has 0 bridgehead atoms. The highest BCUT2D eigenvalue weighted by Gasteiger charge is 2.50. The molecule has 170 valence electrons. The first kappa shape index (κ1) is 23.2. The minimum Gasteiger partial charge on any atom is -0.479 e. The lowest BCUT2D eigenvalue weighted by molar-refractivity contribution is -0.142. The molecule has 3 rings (SSSR count). The average molecular weight is 444 g/mol. The summed E-state index contributed by atoms with van der Waals surface area (Å²) in [5.74, 6) is 0.0198. The molecule has 1 aliphatic rings. The third-order valence-corrected chi connectivity index (χ3v) is 5.10. The molecule has 32 heavy (non-hydrogen) atoms. The Morgan fingerprint density at radius 3 is 2.62 bits per heavy atom. The van der Waals surface area contributed by atoms with Crippen LogP contribution in [0.1, 0.15) is 17.2 Å². The molecule has 0 radical (unpaired) electrons. The molecule has 1 aliphatic heterocycles. The quantitative estimate of drug-likeness (QED) is 0.543. The lowest BCUT2D eigenvalue weighted by atomic mass is 9.84. The summed E-state index contributed by atoms with van der Waals surface area (Å²) in [7, 11) is 4.17. The van der Waals surface area contributed by atoms with Crippen molar-refractivity contribution in [2.45, 2.75) is 24.3 Å². The standard InChI is InChI=1S/C21H24N4O7/c1-29-11-21(12-30-2)20(28)19(14-8-13(9-22)4-5-15(14)32-21)23-16-6-7-17(26)25(24-16)10-18(27)31-3/h4-8,19-20,28H,10-12H2,1-3H3,(H,23,24)/t19-,20+/m1/s1. The fourth-order valence-electron chi connectivity index (χ4n) is 3.61. The fraction of sp³-hybridized carbons (Fsp3) is 0.429. The zero-order chi connectivity index (χ0) is 23.3. The number of aliphatic hydroxyl groups excluding tert-OH is 1. The first-order valence-electron chi connectivity index (χ1n) is 9.68. The summed E-state index contributed by atoms with van der Waals surface area (Å²) in [5, 5.41) is 27.9. The molecule has 2 N–H and O–H groups in total. The molecule has 0 spiro atoms. The van der Waals surface area contributed by atoms with E-state index in [9.17, 15) is 20.0 Å². The number of carbonyl (C=O) groups excluding carboxylic acids is 1. The smallest absolute Gasteiger partial charge is 0.327 e. The number of hydrogen-bond acceptors (Lipinski definition) is 10. The Morgan fingerprint density at radius 2 is 2.00 bits per heavy atom. The van der Waals surface area contributed by atoms with Gasteiger partial charge in [-0.15, -0.1) is 0 Å². The number of carbonyl (C=O) groups is 1. The van der Waals surface area contributed by atoms with Gasteiger partial charge in [0.2, 0.25) is 0 Å². The maximum atomic E-state index is 12.1. The van der Waals surface area contributed by atoms with E-state index in [1.165, 1.54) is 33.5 Å². The molecule has 2 atom stereocenters. The second-order valence-corrected chi connectivity index (χ2v) is 7.25. The Bertz CT molecular complexity index is 1070. The summed E-state index contributed by atoms with van der Waals surface area (Å²) in [6.07, 6.45) is -1.19. The zero-order valence-electron chi connectivity index (χ0n) is 17.9. The number of aromatic nitrogens is 2. The molecule has 0 fully saturated rings. The van der Waals surface area contributed by atoms with E-state index in [1.807, 2.05) is 0 Å². The minimum atomic E-state index is -1.25. The number of esters is 1. The fourth-order valence-corrected chi connectivity index (χ4v) is 3.61. The van der Waals surface area contributed by atoms with E-state index in [4.69, 9.17) is 14.2 Å². The van der Waals surface area contributed by atoms with Gasteiger partial charge in [-0.25, -0.2) is 4.68 Å². The second-order valence-electron chi connectivity index (χ2n) is 7.25. The topological polar surface area (TPSA) is 145 Å². The number of nitriles is 1. The van der Waals surface area contributed by atoms with Gasteiger partial charge in [-0.3, -0.25) is 9.59 Å². The number of methoxy groups -OCH3 is 3. The van der Waals surface area contributed by atoms with Crippen molar-refractivity contribution >= 4 is 11.8 Å². The number of rotatable bonds is 8. The van der Waals surface area contributed by atoms with Crippen LogP contribution in [0.2, 0.25) is 0 Å². The third kappa shape index (κ3) is 4.57. The summed E-state index contributed by atoms with van der Waals surface area (Å²) in [5.41, 5.74) is -0.843. The van der Waals surface area contributed by atoms with Crippen molar-refractivity contribution in [1.82, 2.24) is 9.78 Å². The number of nitrogens with zero attached hydrogens (tertiary/aromatic N) is 3. The van der Waals surface area contributed by atoms with Gasteiger partial charge in [0, 0.05) is 25.8 Å². The molecule has 0 saturated carbocycles. The van der Waals surface area contributed by atoms with Crippen LogP contribution in [0.15, 0.2) is 35.1 Å². The highest BCUT2D eigenvalue weighted by molar-refractivity contribution is 5.68. The largest absolute Gasteiger partial charge is 0.479 e. The summed E-state index contributed by atoms with van der Waals surface area (Å²) < 4.78 is 22.2. The third-order valence-electron chi connectivity index (χ3n) is 5.10. The van der Waals surface area contributed by atoms with Crippen LogP contribution in [0.4, 0.5) is 5.82 Å². The summed E-state index contributed by atoms with van der Waals surface area (Å²) >= 11 is 0. The van der Waals surface area contributed by atoms with Crippen molar-refractivity contribution in [3.05, 3.63) is 51.8 Å². The van der Waals surface area contributed by atoms with Gasteiger partial charge in [0.15, 0.2) is 5.60 Å². The predicted octanol–water partition coefficient (Wildman–Crippen LogP) is 0.226. The van der Waals surface area contributed by atoms with Gasteiger partial charge in [-0.05, 0) is 24.3 Å². The van der Waals surface area contributed by atoms with Gasteiger partial charge >= 0.3 is 5.97 Å². The Labute approximate surface area is 184 Å². The van der Waals surface area contributed by atoms with Crippen molar-refractivity contribution in [2.24, 2.45) is 0 Å². The van der Waals surface area contributed by atoms with E-state index in [-0.39, 0.29) is 25.6 Å². The lowest BCUT2D eigenvalue weighted by Gasteiger charge is -2.45. The minimum absolute atomic E-state index is 0.0227. The van der Waals surface area contributed by atoms with E-state index >= 15 is 0 Å². The maximum absolute atomic E-state index is 12.1. The molecular weight excluding hydrogens is 420 g/mol. The number of ether oxygens (including phenoxy) is 4. The number of nitrogens with one attached hydrogen (secondary N) is 1. The number of anilines is 1. The van der Waals surface area contributed by atoms with Crippen LogP contribution in [0, 0.1) is 11.3 Å². The molecule has 0 saturated heterocycles. The normalized spacial score (nSPS) is 18.7. The Morgan fingerprint density at radius 1 is 1.28 bits per heavy atom. The van der Waals surface area contributed by atoms with Gasteiger partial charge in [-0.1, -0.05) is 0 Å². The van der Waals surface area contributed by atoms with Crippen molar-refractivity contribution in [2.75, 3.05) is 39.9 Å². The van der Waals surface area contributed by atoms with Gasteiger partial charge < -0.3 is 29.4 Å². The van der Waals surface area contributed by atoms with Crippen LogP contribution in [0.25, 0.3) is 0 Å². The number of benzene rings is 1. The number of fused-ring (bicyclic) bond motifs is 1. The average Bonchev–Trinajstić information content (AvgIpc) is 2.79. The van der Waals surface area contributed by atoms with Gasteiger partial charge in [-0.2, -0.15) is 10.4 Å². The van der Waals surface area contributed by atoms with E-state index in [0.29, 0.717) is 16.9 Å². The van der Waals surface area contributed by atoms with Crippen LogP contribution >= 0.6 is 0 Å².